The summed E-state index contributed by atoms with van der Waals surface area (Å²) in [6.45, 7) is 0. The Morgan fingerprint density at radius 1 is 0.417 bits per heavy atom. The number of fused-ring (bicyclic) bond motifs is 4. The van der Waals surface area contributed by atoms with Crippen LogP contribution in [0.2, 0.25) is 0 Å². The quantitative estimate of drug-likeness (QED) is 0.419. The third kappa shape index (κ3) is 3.47. The summed E-state index contributed by atoms with van der Waals surface area (Å²) in [6, 6.07) is 18.9. The Kier molecular flexibility index (Phi) is 5.06. The van der Waals surface area contributed by atoms with E-state index in [0.717, 1.165) is 23.7 Å². The lowest BCUT2D eigenvalue weighted by atomic mass is 9.83. The molecule has 0 saturated heterocycles. The SMILES string of the molecule is C1=C2CCCC2=CC2CC(c3ccccc3-c3ccccc3C3CC4C=C5CCCC5=CC4C3)CC12. The molecule has 0 amide bonds. The molecule has 0 spiro atoms. The second-order valence-electron chi connectivity index (χ2n) is 12.6. The summed E-state index contributed by atoms with van der Waals surface area (Å²) in [6.07, 6.45) is 24.1. The van der Waals surface area contributed by atoms with Crippen LogP contribution in [0.3, 0.4) is 0 Å². The van der Waals surface area contributed by atoms with E-state index in [9.17, 15) is 0 Å². The van der Waals surface area contributed by atoms with Crippen LogP contribution in [-0.4, -0.2) is 0 Å². The van der Waals surface area contributed by atoms with Crippen LogP contribution in [0.5, 0.6) is 0 Å². The Balaban J connectivity index is 1.11. The van der Waals surface area contributed by atoms with Crippen molar-refractivity contribution in [1.29, 1.82) is 0 Å². The van der Waals surface area contributed by atoms with Crippen molar-refractivity contribution in [2.24, 2.45) is 23.7 Å². The first-order valence-corrected chi connectivity index (χ1v) is 14.8. The Morgan fingerprint density at radius 3 is 1.11 bits per heavy atom. The van der Waals surface area contributed by atoms with E-state index in [1.807, 2.05) is 0 Å². The first-order valence-electron chi connectivity index (χ1n) is 14.8. The van der Waals surface area contributed by atoms with Gasteiger partial charge in [0, 0.05) is 0 Å². The third-order valence-electron chi connectivity index (χ3n) is 10.7. The number of rotatable bonds is 3. The topological polar surface area (TPSA) is 0 Å². The van der Waals surface area contributed by atoms with Gasteiger partial charge in [0.1, 0.15) is 0 Å². The molecule has 2 aromatic rings. The molecule has 4 unspecified atom stereocenters. The molecule has 0 bridgehead atoms. The highest BCUT2D eigenvalue weighted by atomic mass is 14.4. The largest absolute Gasteiger partial charge is 0.0773 e. The average Bonchev–Trinajstić information content (AvgIpc) is 3.71. The van der Waals surface area contributed by atoms with Crippen LogP contribution in [0.25, 0.3) is 11.1 Å². The second-order valence-corrected chi connectivity index (χ2v) is 12.6. The van der Waals surface area contributed by atoms with Crippen LogP contribution >= 0.6 is 0 Å². The van der Waals surface area contributed by atoms with E-state index in [1.54, 1.807) is 33.4 Å². The molecule has 4 atom stereocenters. The Bertz CT molecular complexity index is 1170. The maximum absolute atomic E-state index is 2.68. The number of allylic oxidation sites excluding steroid dienone is 8. The zero-order chi connectivity index (χ0) is 23.6. The predicted molar refractivity (Wildman–Crippen MR) is 150 cm³/mol. The molecule has 0 aliphatic heterocycles. The van der Waals surface area contributed by atoms with E-state index in [-0.39, 0.29) is 0 Å². The van der Waals surface area contributed by atoms with Gasteiger partial charge in [-0.15, -0.1) is 0 Å². The molecule has 6 aliphatic carbocycles. The standard InChI is InChI=1S/C36H38/c1-3-13-35(33(11-1)31-19-27-15-23-7-5-8-24(23)16-28(27)20-31)36-14-4-2-12-34(36)32-21-29-17-25-9-6-10-26(25)18-30(29)22-32/h1-4,11-18,27-32H,5-10,19-22H2. The van der Waals surface area contributed by atoms with Gasteiger partial charge in [-0.25, -0.2) is 0 Å². The van der Waals surface area contributed by atoms with Gasteiger partial charge in [0.2, 0.25) is 0 Å². The number of benzene rings is 2. The highest BCUT2D eigenvalue weighted by Crippen LogP contribution is 2.53. The summed E-state index contributed by atoms with van der Waals surface area (Å²) in [7, 11) is 0. The van der Waals surface area contributed by atoms with Gasteiger partial charge in [0.05, 0.1) is 0 Å². The van der Waals surface area contributed by atoms with Crippen molar-refractivity contribution in [3.63, 3.8) is 0 Å². The molecule has 2 aromatic carbocycles. The molecule has 4 fully saturated rings. The summed E-state index contributed by atoms with van der Waals surface area (Å²) in [5.41, 5.74) is 13.0. The van der Waals surface area contributed by atoms with E-state index in [2.05, 4.69) is 72.8 Å². The smallest absolute Gasteiger partial charge is 0.0144 e. The molecule has 0 heterocycles. The van der Waals surface area contributed by atoms with Crippen molar-refractivity contribution in [3.05, 3.63) is 106 Å². The summed E-state index contributed by atoms with van der Waals surface area (Å²) < 4.78 is 0. The lowest BCUT2D eigenvalue weighted by Gasteiger charge is -2.21. The van der Waals surface area contributed by atoms with Gasteiger partial charge < -0.3 is 0 Å². The minimum Gasteiger partial charge on any atom is -0.0773 e. The fraction of sp³-hybridized carbons (Fsp3) is 0.444. The predicted octanol–water partition coefficient (Wildman–Crippen LogP) is 9.67. The van der Waals surface area contributed by atoms with E-state index >= 15 is 0 Å². The van der Waals surface area contributed by atoms with Crippen LogP contribution in [-0.2, 0) is 0 Å². The van der Waals surface area contributed by atoms with Crippen molar-refractivity contribution in [2.75, 3.05) is 0 Å². The monoisotopic (exact) mass is 470 g/mol. The zero-order valence-corrected chi connectivity index (χ0v) is 21.5. The summed E-state index contributed by atoms with van der Waals surface area (Å²) in [5, 5.41) is 0. The van der Waals surface area contributed by atoms with Crippen molar-refractivity contribution >= 4 is 0 Å². The highest BCUT2D eigenvalue weighted by Gasteiger charge is 2.39. The fourth-order valence-electron chi connectivity index (χ4n) is 9.05. The maximum atomic E-state index is 2.68. The van der Waals surface area contributed by atoms with E-state index < -0.39 is 0 Å². The van der Waals surface area contributed by atoms with E-state index in [1.165, 1.54) is 75.3 Å². The first-order chi connectivity index (χ1) is 17.8. The molecular formula is C36H38. The van der Waals surface area contributed by atoms with Crippen molar-refractivity contribution in [3.8, 4) is 11.1 Å². The summed E-state index contributed by atoms with van der Waals surface area (Å²) in [5.74, 6) is 4.39. The zero-order valence-electron chi connectivity index (χ0n) is 21.5. The summed E-state index contributed by atoms with van der Waals surface area (Å²) in [4.78, 5) is 0. The molecular weight excluding hydrogens is 432 g/mol. The minimum absolute atomic E-state index is 0.678. The molecule has 0 N–H and O–H groups in total. The molecule has 0 heteroatoms. The number of hydrogen-bond donors (Lipinski definition) is 0. The van der Waals surface area contributed by atoms with Gasteiger partial charge in [-0.3, -0.25) is 0 Å². The normalized spacial score (nSPS) is 34.2. The Labute approximate surface area is 216 Å². The first kappa shape index (κ1) is 21.5. The maximum Gasteiger partial charge on any atom is -0.0144 e. The average molecular weight is 471 g/mol. The third-order valence-corrected chi connectivity index (χ3v) is 10.7. The van der Waals surface area contributed by atoms with Gasteiger partial charge in [0.25, 0.3) is 0 Å². The molecule has 6 aliphatic rings. The van der Waals surface area contributed by atoms with Crippen LogP contribution in [0.4, 0.5) is 0 Å². The number of hydrogen-bond acceptors (Lipinski definition) is 0. The Morgan fingerprint density at radius 2 is 0.750 bits per heavy atom. The highest BCUT2D eigenvalue weighted by molar-refractivity contribution is 5.72. The van der Waals surface area contributed by atoms with Crippen LogP contribution in [0.15, 0.2) is 95.1 Å². The van der Waals surface area contributed by atoms with Crippen LogP contribution in [0, 0.1) is 23.7 Å². The molecule has 0 nitrogen and oxygen atoms in total. The van der Waals surface area contributed by atoms with Gasteiger partial charge in [-0.05, 0) is 144 Å². The van der Waals surface area contributed by atoms with Crippen LogP contribution in [0.1, 0.15) is 87.2 Å². The van der Waals surface area contributed by atoms with Gasteiger partial charge in [0.15, 0.2) is 0 Å². The minimum atomic E-state index is 0.678. The fourth-order valence-corrected chi connectivity index (χ4v) is 9.05. The van der Waals surface area contributed by atoms with E-state index in [4.69, 9.17) is 0 Å². The van der Waals surface area contributed by atoms with Gasteiger partial charge in [-0.2, -0.15) is 0 Å². The second kappa shape index (κ2) is 8.47. The van der Waals surface area contributed by atoms with Crippen molar-refractivity contribution in [1.82, 2.24) is 0 Å². The van der Waals surface area contributed by atoms with E-state index in [0.29, 0.717) is 11.8 Å². The summed E-state index contributed by atoms with van der Waals surface area (Å²) >= 11 is 0. The lowest BCUT2D eigenvalue weighted by molar-refractivity contribution is 0.544. The molecule has 36 heavy (non-hydrogen) atoms. The van der Waals surface area contributed by atoms with Crippen LogP contribution < -0.4 is 0 Å². The van der Waals surface area contributed by atoms with Crippen molar-refractivity contribution < 1.29 is 0 Å². The van der Waals surface area contributed by atoms with Gasteiger partial charge >= 0.3 is 0 Å². The molecule has 182 valence electrons. The lowest BCUT2D eigenvalue weighted by Crippen LogP contribution is -2.08. The molecule has 0 radical (unpaired) electrons. The molecule has 8 rings (SSSR count). The van der Waals surface area contributed by atoms with Gasteiger partial charge in [-0.1, -0.05) is 72.8 Å². The molecule has 4 saturated carbocycles. The van der Waals surface area contributed by atoms with Crippen molar-refractivity contribution in [2.45, 2.75) is 76.0 Å². The molecule has 0 aromatic heterocycles. The Hall–Kier alpha value is -2.60.